The smallest absolute Gasteiger partial charge is 0.270 e. The van der Waals surface area contributed by atoms with Crippen molar-refractivity contribution in [3.8, 4) is 0 Å². The van der Waals surface area contributed by atoms with Crippen LogP contribution in [0.3, 0.4) is 0 Å². The molecule has 1 aromatic heterocycles. The van der Waals surface area contributed by atoms with E-state index in [-0.39, 0.29) is 5.91 Å². The molecule has 0 spiro atoms. The van der Waals surface area contributed by atoms with Gasteiger partial charge in [-0.05, 0) is 50.1 Å². The van der Waals surface area contributed by atoms with Gasteiger partial charge in [0.05, 0.1) is 0 Å². The van der Waals surface area contributed by atoms with Crippen LogP contribution in [-0.2, 0) is 13.0 Å². The maximum atomic E-state index is 13.2. The lowest BCUT2D eigenvalue weighted by molar-refractivity contribution is 0.0632. The van der Waals surface area contributed by atoms with Gasteiger partial charge in [-0.2, -0.15) is 0 Å². The minimum absolute atomic E-state index is 0.194. The fraction of sp³-hybridized carbons (Fsp3) is 0.550. The van der Waals surface area contributed by atoms with E-state index in [0.29, 0.717) is 0 Å². The van der Waals surface area contributed by atoms with Crippen LogP contribution < -0.4 is 0 Å². The third-order valence-electron chi connectivity index (χ3n) is 5.41. The number of likely N-dealkylation sites (N-methyl/N-ethyl adjacent to an activating group) is 1. The van der Waals surface area contributed by atoms with Crippen LogP contribution in [0.4, 0.5) is 0 Å². The first kappa shape index (κ1) is 17.0. The molecule has 1 aromatic carbocycles. The normalized spacial score (nSPS) is 16.1. The number of benzene rings is 1. The Morgan fingerprint density at radius 3 is 2.33 bits per heavy atom. The lowest BCUT2D eigenvalue weighted by Crippen LogP contribution is -2.49. The molecule has 1 aliphatic rings. The Bertz CT molecular complexity index is 739. The van der Waals surface area contributed by atoms with Crippen molar-refractivity contribution in [1.29, 1.82) is 0 Å². The molecule has 0 N–H and O–H groups in total. The van der Waals surface area contributed by atoms with E-state index in [9.17, 15) is 4.79 Å². The molecule has 0 bridgehead atoms. The predicted molar refractivity (Wildman–Crippen MR) is 99.7 cm³/mol. The first-order chi connectivity index (χ1) is 11.6. The van der Waals surface area contributed by atoms with Gasteiger partial charge in [0.1, 0.15) is 5.69 Å². The second-order valence-electron chi connectivity index (χ2n) is 6.65. The molecule has 2 aromatic rings. The van der Waals surface area contributed by atoms with E-state index >= 15 is 0 Å². The lowest BCUT2D eigenvalue weighted by Gasteiger charge is -2.34. The summed E-state index contributed by atoms with van der Waals surface area (Å²) in [6, 6.07) is 6.61. The van der Waals surface area contributed by atoms with Crippen molar-refractivity contribution in [1.82, 2.24) is 14.4 Å². The number of rotatable bonds is 4. The molecule has 0 radical (unpaired) electrons. The monoisotopic (exact) mass is 327 g/mol. The summed E-state index contributed by atoms with van der Waals surface area (Å²) < 4.78 is 2.19. The van der Waals surface area contributed by atoms with Gasteiger partial charge >= 0.3 is 0 Å². The van der Waals surface area contributed by atoms with Crippen LogP contribution in [0, 0.1) is 6.92 Å². The maximum Gasteiger partial charge on any atom is 0.270 e. The Hall–Kier alpha value is -1.81. The van der Waals surface area contributed by atoms with Gasteiger partial charge in [-0.1, -0.05) is 19.9 Å². The Kier molecular flexibility index (Phi) is 4.95. The second-order valence-corrected chi connectivity index (χ2v) is 6.65. The summed E-state index contributed by atoms with van der Waals surface area (Å²) in [6.45, 7) is 14.1. The number of aromatic nitrogens is 1. The van der Waals surface area contributed by atoms with E-state index in [4.69, 9.17) is 0 Å². The molecule has 0 saturated carbocycles. The number of amides is 1. The minimum Gasteiger partial charge on any atom is -0.337 e. The summed E-state index contributed by atoms with van der Waals surface area (Å²) in [5.41, 5.74) is 4.52. The quantitative estimate of drug-likeness (QED) is 0.862. The second kappa shape index (κ2) is 6.98. The van der Waals surface area contributed by atoms with Crippen molar-refractivity contribution >= 4 is 16.8 Å². The van der Waals surface area contributed by atoms with E-state index in [1.807, 2.05) is 4.90 Å². The van der Waals surface area contributed by atoms with E-state index in [1.54, 1.807) is 0 Å². The molecule has 4 heteroatoms. The van der Waals surface area contributed by atoms with Crippen LogP contribution in [0.15, 0.2) is 18.2 Å². The largest absolute Gasteiger partial charge is 0.337 e. The van der Waals surface area contributed by atoms with E-state index in [2.05, 4.69) is 55.4 Å². The van der Waals surface area contributed by atoms with Crippen LogP contribution in [0.2, 0.25) is 0 Å². The highest BCUT2D eigenvalue weighted by atomic mass is 16.2. The van der Waals surface area contributed by atoms with Crippen molar-refractivity contribution in [3.05, 3.63) is 35.0 Å². The molecule has 2 heterocycles. The van der Waals surface area contributed by atoms with Gasteiger partial charge in [-0.15, -0.1) is 0 Å². The summed E-state index contributed by atoms with van der Waals surface area (Å²) in [7, 11) is 0. The molecule has 0 aliphatic carbocycles. The molecule has 130 valence electrons. The third kappa shape index (κ3) is 2.84. The molecular formula is C20H29N3O. The molecule has 1 fully saturated rings. The summed E-state index contributed by atoms with van der Waals surface area (Å²) >= 11 is 0. The van der Waals surface area contributed by atoms with Gasteiger partial charge in [-0.25, -0.2) is 0 Å². The number of nitrogens with zero attached hydrogens (tertiary/aromatic N) is 3. The number of fused-ring (bicyclic) bond motifs is 1. The van der Waals surface area contributed by atoms with Crippen LogP contribution >= 0.6 is 0 Å². The van der Waals surface area contributed by atoms with Gasteiger partial charge in [0.25, 0.3) is 5.91 Å². The number of hydrogen-bond donors (Lipinski definition) is 0. The van der Waals surface area contributed by atoms with Crippen molar-refractivity contribution < 1.29 is 4.79 Å². The molecule has 1 amide bonds. The summed E-state index contributed by atoms with van der Waals surface area (Å²) in [4.78, 5) is 17.6. The Balaban J connectivity index is 1.99. The SMILES string of the molecule is CCc1ccc2c(c1)c(C)c(C(=O)N1CCN(CC)CC1)n2CC. The van der Waals surface area contributed by atoms with Crippen molar-refractivity contribution in [2.75, 3.05) is 32.7 Å². The average molecular weight is 327 g/mol. The summed E-state index contributed by atoms with van der Waals surface area (Å²) in [5.74, 6) is 0.194. The highest BCUT2D eigenvalue weighted by Gasteiger charge is 2.26. The molecule has 0 atom stereocenters. The van der Waals surface area contributed by atoms with Crippen LogP contribution in [0.1, 0.15) is 42.4 Å². The van der Waals surface area contributed by atoms with E-state index in [1.165, 1.54) is 16.5 Å². The number of carbonyl (C=O) groups is 1. The van der Waals surface area contributed by atoms with Gasteiger partial charge in [-0.3, -0.25) is 4.79 Å². The standard InChI is InChI=1S/C20H29N3O/c1-5-16-8-9-18-17(14-16)15(4)19(23(18)7-3)20(24)22-12-10-21(6-2)11-13-22/h8-9,14H,5-7,10-13H2,1-4H3. The topological polar surface area (TPSA) is 28.5 Å². The molecule has 3 rings (SSSR count). The molecular weight excluding hydrogens is 298 g/mol. The van der Waals surface area contributed by atoms with Gasteiger partial charge in [0, 0.05) is 43.6 Å². The zero-order valence-electron chi connectivity index (χ0n) is 15.4. The van der Waals surface area contributed by atoms with Gasteiger partial charge in [0.15, 0.2) is 0 Å². The lowest BCUT2D eigenvalue weighted by atomic mass is 10.1. The van der Waals surface area contributed by atoms with Crippen LogP contribution in [-0.4, -0.2) is 53.0 Å². The van der Waals surface area contributed by atoms with E-state index in [0.717, 1.165) is 56.9 Å². The zero-order valence-corrected chi connectivity index (χ0v) is 15.4. The number of hydrogen-bond acceptors (Lipinski definition) is 2. The molecule has 1 aliphatic heterocycles. The Morgan fingerprint density at radius 1 is 1.04 bits per heavy atom. The molecule has 0 unspecified atom stereocenters. The number of aryl methyl sites for hydroxylation is 3. The highest BCUT2D eigenvalue weighted by Crippen LogP contribution is 2.28. The summed E-state index contributed by atoms with van der Waals surface area (Å²) in [6.07, 6.45) is 1.02. The highest BCUT2D eigenvalue weighted by molar-refractivity contribution is 6.01. The van der Waals surface area contributed by atoms with Crippen molar-refractivity contribution in [2.24, 2.45) is 0 Å². The molecule has 4 nitrogen and oxygen atoms in total. The predicted octanol–water partition coefficient (Wildman–Crippen LogP) is 3.31. The van der Waals surface area contributed by atoms with Gasteiger partial charge in [0.2, 0.25) is 0 Å². The fourth-order valence-electron chi connectivity index (χ4n) is 3.81. The third-order valence-corrected chi connectivity index (χ3v) is 5.41. The first-order valence-corrected chi connectivity index (χ1v) is 9.24. The van der Waals surface area contributed by atoms with E-state index < -0.39 is 0 Å². The van der Waals surface area contributed by atoms with Crippen molar-refractivity contribution in [2.45, 2.75) is 40.7 Å². The average Bonchev–Trinajstić information content (AvgIpc) is 2.92. The van der Waals surface area contributed by atoms with Crippen LogP contribution in [0.25, 0.3) is 10.9 Å². The first-order valence-electron chi connectivity index (χ1n) is 9.24. The zero-order chi connectivity index (χ0) is 17.3. The number of piperazine rings is 1. The molecule has 1 saturated heterocycles. The fourth-order valence-corrected chi connectivity index (χ4v) is 3.81. The number of carbonyl (C=O) groups excluding carboxylic acids is 1. The van der Waals surface area contributed by atoms with Gasteiger partial charge < -0.3 is 14.4 Å². The molecule has 24 heavy (non-hydrogen) atoms. The van der Waals surface area contributed by atoms with Crippen LogP contribution in [0.5, 0.6) is 0 Å². The maximum absolute atomic E-state index is 13.2. The Labute approximate surface area is 145 Å². The Morgan fingerprint density at radius 2 is 1.75 bits per heavy atom. The van der Waals surface area contributed by atoms with Crippen molar-refractivity contribution in [3.63, 3.8) is 0 Å². The minimum atomic E-state index is 0.194. The summed E-state index contributed by atoms with van der Waals surface area (Å²) in [5, 5.41) is 1.23.